The molecule has 0 bridgehead atoms. The highest BCUT2D eigenvalue weighted by Crippen LogP contribution is 2.19. The third-order valence-corrected chi connectivity index (χ3v) is 4.54. The van der Waals surface area contributed by atoms with E-state index < -0.39 is 5.97 Å². The molecule has 30 heavy (non-hydrogen) atoms. The Kier molecular flexibility index (Phi) is 11.2. The molecule has 6 nitrogen and oxygen atoms in total. The Morgan fingerprint density at radius 2 is 1.57 bits per heavy atom. The van der Waals surface area contributed by atoms with Gasteiger partial charge in [0, 0.05) is 51.7 Å². The lowest BCUT2D eigenvalue weighted by atomic mass is 10.0. The van der Waals surface area contributed by atoms with Crippen molar-refractivity contribution >= 4 is 23.6 Å². The van der Waals surface area contributed by atoms with Crippen LogP contribution in [0.4, 0.5) is 11.4 Å². The maximum atomic E-state index is 11.2. The molecule has 0 aliphatic carbocycles. The number of carbonyl (C=O) groups excluding carboxylic acids is 1. The summed E-state index contributed by atoms with van der Waals surface area (Å²) in [6.07, 6.45) is 3.63. The molecule has 0 fully saturated rings. The Labute approximate surface area is 180 Å². The van der Waals surface area contributed by atoms with Gasteiger partial charge in [0.05, 0.1) is 12.2 Å². The molecule has 0 spiro atoms. The van der Waals surface area contributed by atoms with Crippen molar-refractivity contribution < 1.29 is 19.4 Å². The minimum Gasteiger partial charge on any atom is -0.478 e. The lowest BCUT2D eigenvalue weighted by molar-refractivity contribution is 0.0694. The van der Waals surface area contributed by atoms with E-state index in [4.69, 9.17) is 4.74 Å². The lowest BCUT2D eigenvalue weighted by Crippen LogP contribution is -2.12. The second kappa shape index (κ2) is 13.4. The SMILES string of the molecule is CCCCOCCc1cc(N(C)C)ccc1C(=O)O.CN(C)c1ccc(C=O)cc1. The summed E-state index contributed by atoms with van der Waals surface area (Å²) in [5.74, 6) is -0.881. The van der Waals surface area contributed by atoms with Gasteiger partial charge in [0.1, 0.15) is 6.29 Å². The van der Waals surface area contributed by atoms with E-state index in [0.717, 1.165) is 48.2 Å². The first kappa shape index (κ1) is 25.2. The van der Waals surface area contributed by atoms with Crippen molar-refractivity contribution in [3.8, 4) is 0 Å². The smallest absolute Gasteiger partial charge is 0.335 e. The number of aldehydes is 1. The van der Waals surface area contributed by atoms with Crippen LogP contribution in [-0.2, 0) is 11.2 Å². The van der Waals surface area contributed by atoms with Gasteiger partial charge >= 0.3 is 5.97 Å². The van der Waals surface area contributed by atoms with Crippen LogP contribution in [0, 0.1) is 0 Å². The fourth-order valence-electron chi connectivity index (χ4n) is 2.66. The minimum absolute atomic E-state index is 0.365. The average Bonchev–Trinajstić information content (AvgIpc) is 2.73. The summed E-state index contributed by atoms with van der Waals surface area (Å²) >= 11 is 0. The largest absolute Gasteiger partial charge is 0.478 e. The van der Waals surface area contributed by atoms with Crippen LogP contribution in [0.15, 0.2) is 42.5 Å². The predicted molar refractivity (Wildman–Crippen MR) is 123 cm³/mol. The maximum Gasteiger partial charge on any atom is 0.335 e. The molecule has 0 aromatic heterocycles. The fourth-order valence-corrected chi connectivity index (χ4v) is 2.66. The van der Waals surface area contributed by atoms with E-state index in [1.807, 2.05) is 74.4 Å². The van der Waals surface area contributed by atoms with Crippen LogP contribution in [0.2, 0.25) is 0 Å². The zero-order valence-corrected chi connectivity index (χ0v) is 18.7. The molecule has 164 valence electrons. The van der Waals surface area contributed by atoms with Gasteiger partial charge < -0.3 is 19.6 Å². The van der Waals surface area contributed by atoms with E-state index >= 15 is 0 Å². The minimum atomic E-state index is -0.881. The number of aromatic carboxylic acids is 1. The zero-order valence-electron chi connectivity index (χ0n) is 18.7. The highest BCUT2D eigenvalue weighted by atomic mass is 16.5. The number of unbranched alkanes of at least 4 members (excludes halogenated alkanes) is 1. The Morgan fingerprint density at radius 1 is 0.967 bits per heavy atom. The molecule has 0 saturated carbocycles. The van der Waals surface area contributed by atoms with Gasteiger partial charge in [-0.1, -0.05) is 13.3 Å². The summed E-state index contributed by atoms with van der Waals surface area (Å²) in [5.41, 5.74) is 4.03. The third kappa shape index (κ3) is 8.66. The van der Waals surface area contributed by atoms with Crippen molar-refractivity contribution in [1.82, 2.24) is 0 Å². The topological polar surface area (TPSA) is 70.1 Å². The quantitative estimate of drug-likeness (QED) is 0.460. The molecule has 0 aliphatic heterocycles. The Balaban J connectivity index is 0.000000346. The number of benzene rings is 2. The Morgan fingerprint density at radius 3 is 2.07 bits per heavy atom. The normalized spacial score (nSPS) is 10.0. The van der Waals surface area contributed by atoms with Gasteiger partial charge in [-0.05, 0) is 60.9 Å². The van der Waals surface area contributed by atoms with E-state index in [1.54, 1.807) is 6.07 Å². The highest BCUT2D eigenvalue weighted by molar-refractivity contribution is 5.90. The molecule has 0 heterocycles. The second-order valence-electron chi connectivity index (χ2n) is 7.36. The van der Waals surface area contributed by atoms with Crippen molar-refractivity contribution in [2.45, 2.75) is 26.2 Å². The van der Waals surface area contributed by atoms with Crippen molar-refractivity contribution in [1.29, 1.82) is 0 Å². The van der Waals surface area contributed by atoms with Crippen LogP contribution in [0.25, 0.3) is 0 Å². The Bertz CT molecular complexity index is 786. The first-order valence-electron chi connectivity index (χ1n) is 10.1. The van der Waals surface area contributed by atoms with Gasteiger partial charge in [0.15, 0.2) is 0 Å². The second-order valence-corrected chi connectivity index (χ2v) is 7.36. The molecule has 2 aromatic carbocycles. The molecule has 0 radical (unpaired) electrons. The molecule has 2 aromatic rings. The number of ether oxygens (including phenoxy) is 1. The van der Waals surface area contributed by atoms with E-state index in [-0.39, 0.29) is 0 Å². The number of carbonyl (C=O) groups is 2. The molecular weight excluding hydrogens is 380 g/mol. The molecule has 1 N–H and O–H groups in total. The first-order chi connectivity index (χ1) is 14.3. The monoisotopic (exact) mass is 414 g/mol. The van der Waals surface area contributed by atoms with Crippen molar-refractivity contribution in [3.05, 3.63) is 59.2 Å². The van der Waals surface area contributed by atoms with Crippen LogP contribution >= 0.6 is 0 Å². The van der Waals surface area contributed by atoms with Gasteiger partial charge in [0.2, 0.25) is 0 Å². The van der Waals surface area contributed by atoms with E-state index in [9.17, 15) is 14.7 Å². The van der Waals surface area contributed by atoms with Crippen LogP contribution in [-0.4, -0.2) is 58.8 Å². The van der Waals surface area contributed by atoms with Crippen molar-refractivity contribution in [2.24, 2.45) is 0 Å². The zero-order chi connectivity index (χ0) is 22.5. The van der Waals surface area contributed by atoms with E-state index in [0.29, 0.717) is 18.6 Å². The average molecular weight is 415 g/mol. The van der Waals surface area contributed by atoms with Crippen LogP contribution in [0.3, 0.4) is 0 Å². The predicted octanol–water partition coefficient (Wildman–Crippen LogP) is 4.38. The summed E-state index contributed by atoms with van der Waals surface area (Å²) in [7, 11) is 7.82. The van der Waals surface area contributed by atoms with Crippen LogP contribution in [0.5, 0.6) is 0 Å². The molecule has 0 saturated heterocycles. The summed E-state index contributed by atoms with van der Waals surface area (Å²) in [4.78, 5) is 25.4. The third-order valence-electron chi connectivity index (χ3n) is 4.54. The summed E-state index contributed by atoms with van der Waals surface area (Å²) in [6.45, 7) is 3.43. The maximum absolute atomic E-state index is 11.2. The highest BCUT2D eigenvalue weighted by Gasteiger charge is 2.11. The number of carboxylic acid groups (broad SMARTS) is 1. The molecule has 2 rings (SSSR count). The summed E-state index contributed by atoms with van der Waals surface area (Å²) < 4.78 is 5.51. The fraction of sp³-hybridized carbons (Fsp3) is 0.417. The number of nitrogens with zero attached hydrogens (tertiary/aromatic N) is 2. The van der Waals surface area contributed by atoms with E-state index in [2.05, 4.69) is 6.92 Å². The van der Waals surface area contributed by atoms with Crippen LogP contribution in [0.1, 0.15) is 46.0 Å². The standard InChI is InChI=1S/C15H23NO3.C9H11NO/c1-4-5-9-19-10-8-12-11-13(16(2)3)6-7-14(12)15(17)18;1-10(2)9-5-3-8(7-11)4-6-9/h6-7,11H,4-5,8-10H2,1-3H3,(H,17,18);3-7H,1-2H3. The van der Waals surface area contributed by atoms with Crippen molar-refractivity contribution in [2.75, 3.05) is 51.2 Å². The number of carboxylic acids is 1. The molecule has 0 aliphatic rings. The molecule has 6 heteroatoms. The number of hydrogen-bond acceptors (Lipinski definition) is 5. The van der Waals surface area contributed by atoms with Gasteiger partial charge in [-0.3, -0.25) is 4.79 Å². The molecular formula is C24H34N2O4. The summed E-state index contributed by atoms with van der Waals surface area (Å²) in [5, 5.41) is 9.18. The van der Waals surface area contributed by atoms with Crippen molar-refractivity contribution in [3.63, 3.8) is 0 Å². The summed E-state index contributed by atoms with van der Waals surface area (Å²) in [6, 6.07) is 12.9. The van der Waals surface area contributed by atoms with Gasteiger partial charge in [-0.15, -0.1) is 0 Å². The molecule has 0 unspecified atom stereocenters. The lowest BCUT2D eigenvalue weighted by Gasteiger charge is -2.15. The van der Waals surface area contributed by atoms with Gasteiger partial charge in [-0.2, -0.15) is 0 Å². The number of hydrogen-bond donors (Lipinski definition) is 1. The number of anilines is 2. The number of rotatable bonds is 10. The molecule has 0 amide bonds. The van der Waals surface area contributed by atoms with Gasteiger partial charge in [-0.25, -0.2) is 4.79 Å². The van der Waals surface area contributed by atoms with Crippen LogP contribution < -0.4 is 9.80 Å². The van der Waals surface area contributed by atoms with Gasteiger partial charge in [0.25, 0.3) is 0 Å². The Hall–Kier alpha value is -2.86. The first-order valence-corrected chi connectivity index (χ1v) is 10.1. The molecule has 0 atom stereocenters. The van der Waals surface area contributed by atoms with E-state index in [1.165, 1.54) is 0 Å².